The monoisotopic (exact) mass is 1180 g/mol. The Morgan fingerprint density at radius 2 is 1.31 bits per heavy atom. The third-order valence-electron chi connectivity index (χ3n) is 20.9. The molecule has 10 rings (SSSR count). The average Bonchev–Trinajstić information content (AvgIpc) is 1.64. The van der Waals surface area contributed by atoms with Crippen LogP contribution in [0.1, 0.15) is 105 Å². The van der Waals surface area contributed by atoms with E-state index >= 15 is 0 Å². The van der Waals surface area contributed by atoms with Crippen LogP contribution in [0.3, 0.4) is 0 Å². The third-order valence-corrected chi connectivity index (χ3v) is 20.9. The summed E-state index contributed by atoms with van der Waals surface area (Å²) in [7, 11) is 6.13. The van der Waals surface area contributed by atoms with Crippen molar-refractivity contribution >= 4 is 18.0 Å². The summed E-state index contributed by atoms with van der Waals surface area (Å²) < 4.78 is 94.1. The van der Waals surface area contributed by atoms with E-state index in [1.165, 1.54) is 20.1 Å². The third kappa shape index (κ3) is 11.5. The molecule has 0 aromatic heterocycles. The normalized spacial score (nSPS) is 49.8. The summed E-state index contributed by atoms with van der Waals surface area (Å²) in [4.78, 5) is 27.5. The van der Waals surface area contributed by atoms with Crippen LogP contribution in [-0.4, -0.2) is 225 Å². The molecule has 1 aromatic carbocycles. The van der Waals surface area contributed by atoms with Crippen molar-refractivity contribution in [3.8, 4) is 0 Å². The van der Waals surface area contributed by atoms with Crippen LogP contribution in [-0.2, 0) is 80.6 Å². The molecule has 83 heavy (non-hydrogen) atoms. The van der Waals surface area contributed by atoms with Gasteiger partial charge in [-0.1, -0.05) is 37.3 Å². The molecule has 4 aliphatic carbocycles. The molecule has 23 heteroatoms. The predicted molar refractivity (Wildman–Crippen MR) is 288 cm³/mol. The Bertz CT molecular complexity index is 2380. The van der Waals surface area contributed by atoms with Gasteiger partial charge in [-0.2, -0.15) is 0 Å². The topological polar surface area (TPSA) is 294 Å². The van der Waals surface area contributed by atoms with Crippen molar-refractivity contribution in [2.75, 3.05) is 41.7 Å². The van der Waals surface area contributed by atoms with Gasteiger partial charge in [0.25, 0.3) is 0 Å². The molecule has 4 saturated carbocycles. The van der Waals surface area contributed by atoms with E-state index in [1.54, 1.807) is 41.3 Å². The van der Waals surface area contributed by atoms with Crippen LogP contribution in [0.25, 0.3) is 6.08 Å². The first-order valence-electron chi connectivity index (χ1n) is 29.8. The number of benzene rings is 1. The Morgan fingerprint density at radius 3 is 1.95 bits per heavy atom. The summed E-state index contributed by atoms with van der Waals surface area (Å²) >= 11 is 0. The number of esters is 2. The molecule has 29 unspecified atom stereocenters. The molecule has 9 fully saturated rings. The van der Waals surface area contributed by atoms with Gasteiger partial charge in [0, 0.05) is 66.1 Å². The van der Waals surface area contributed by atoms with Gasteiger partial charge in [-0.05, 0) is 102 Å². The lowest BCUT2D eigenvalue weighted by atomic mass is 9.41. The highest BCUT2D eigenvalue weighted by Crippen LogP contribution is 2.73. The van der Waals surface area contributed by atoms with E-state index in [1.807, 2.05) is 44.2 Å². The number of hydrogen-bond acceptors (Lipinski definition) is 23. The van der Waals surface area contributed by atoms with E-state index < -0.39 is 164 Å². The number of carbonyl (C=O) groups is 2. The van der Waals surface area contributed by atoms with Crippen LogP contribution in [0.4, 0.5) is 0 Å². The number of ether oxygens (including phenoxy) is 15. The van der Waals surface area contributed by atoms with Gasteiger partial charge in [-0.3, -0.25) is 4.79 Å². The van der Waals surface area contributed by atoms with Crippen LogP contribution in [0.2, 0.25) is 0 Å². The largest absolute Gasteiger partial charge is 0.458 e. The zero-order chi connectivity index (χ0) is 59.5. The zero-order valence-corrected chi connectivity index (χ0v) is 49.4. The predicted octanol–water partition coefficient (Wildman–Crippen LogP) is 2.67. The van der Waals surface area contributed by atoms with E-state index in [0.717, 1.165) is 12.0 Å². The highest BCUT2D eigenvalue weighted by Gasteiger charge is 2.81. The van der Waals surface area contributed by atoms with Gasteiger partial charge in [-0.15, -0.1) is 0 Å². The van der Waals surface area contributed by atoms with Crippen LogP contribution in [0.15, 0.2) is 36.4 Å². The minimum atomic E-state index is -1.68. The molecule has 0 amide bonds. The summed E-state index contributed by atoms with van der Waals surface area (Å²) in [5, 5.41) is 66.0. The molecule has 29 atom stereocenters. The van der Waals surface area contributed by atoms with E-state index in [2.05, 4.69) is 6.92 Å². The number of rotatable bonds is 17. The van der Waals surface area contributed by atoms with E-state index in [-0.39, 0.29) is 42.8 Å². The number of aliphatic hydroxyl groups excluding tert-OH is 5. The first kappa shape index (κ1) is 63.2. The molecule has 468 valence electrons. The van der Waals surface area contributed by atoms with Crippen molar-refractivity contribution in [1.29, 1.82) is 0 Å². The Labute approximate surface area is 485 Å². The molecule has 6 N–H and O–H groups in total. The summed E-state index contributed by atoms with van der Waals surface area (Å²) in [6, 6.07) is 9.48. The maximum atomic E-state index is 14.2. The molecule has 23 nitrogen and oxygen atoms in total. The Balaban J connectivity index is 0.781. The maximum Gasteiger partial charge on any atom is 0.331 e. The van der Waals surface area contributed by atoms with Crippen molar-refractivity contribution < 1.29 is 111 Å². The smallest absolute Gasteiger partial charge is 0.331 e. The summed E-state index contributed by atoms with van der Waals surface area (Å²) in [5.41, 5.74) is -2.04. The molecular formula is C60H90O23. The molecule has 5 saturated heterocycles. The fourth-order valence-corrected chi connectivity index (χ4v) is 16.6. The van der Waals surface area contributed by atoms with E-state index in [9.17, 15) is 40.2 Å². The Kier molecular flexibility index (Phi) is 19.3. The van der Waals surface area contributed by atoms with Gasteiger partial charge in [-0.25, -0.2) is 4.79 Å². The van der Waals surface area contributed by atoms with Gasteiger partial charge < -0.3 is 102 Å². The molecule has 5 aliphatic heterocycles. The summed E-state index contributed by atoms with van der Waals surface area (Å²) in [5.74, 6) is -3.08. The lowest BCUT2D eigenvalue weighted by Gasteiger charge is -2.66. The second-order valence-corrected chi connectivity index (χ2v) is 25.1. The first-order chi connectivity index (χ1) is 39.6. The average molecular weight is 1180 g/mol. The fraction of sp³-hybridized carbons (Fsp3) is 0.833. The number of aliphatic hydroxyl groups is 6. The van der Waals surface area contributed by atoms with Crippen LogP contribution in [0.5, 0.6) is 0 Å². The van der Waals surface area contributed by atoms with E-state index in [0.29, 0.717) is 44.9 Å². The van der Waals surface area contributed by atoms with E-state index in [4.69, 9.17) is 71.1 Å². The number of fused-ring (bicyclic) bond motifs is 4. The molecular weight excluding hydrogens is 1090 g/mol. The number of methoxy groups -OCH3 is 4. The Morgan fingerprint density at radius 1 is 0.675 bits per heavy atom. The fourth-order valence-electron chi connectivity index (χ4n) is 16.6. The van der Waals surface area contributed by atoms with Crippen LogP contribution >= 0.6 is 0 Å². The number of hydrogen-bond donors (Lipinski definition) is 6. The lowest BCUT2D eigenvalue weighted by molar-refractivity contribution is -0.373. The first-order valence-corrected chi connectivity index (χ1v) is 29.8. The molecule has 1 spiro atoms. The quantitative estimate of drug-likeness (QED) is 0.0742. The van der Waals surface area contributed by atoms with Crippen molar-refractivity contribution in [2.24, 2.45) is 34.5 Å². The van der Waals surface area contributed by atoms with Gasteiger partial charge in [0.2, 0.25) is 0 Å². The van der Waals surface area contributed by atoms with Gasteiger partial charge >= 0.3 is 11.9 Å². The molecule has 5 heterocycles. The minimum Gasteiger partial charge on any atom is -0.458 e. The maximum absolute atomic E-state index is 14.2. The standard InChI is InChI=1S/C60H90O23/c1-29-49(81-43-26-38(70-8)50(30(2)75-43)82-56-48(67)53(71-9)51(31(3)76-56)83-55-47(66)46(65)45(64)39(27-61)79-55)37(69-7)25-42(74-29)78-35-20-22-57(5)34(24-35)17-18-36-44(57)52(80-41(63)19-16-33-14-12-11-13-15-33)54(77-32(4)62)59-28-73-58(6,72-10)40(59)21-23-60(36,59)68/h11-16,19,29-31,34-40,42-56,61,64-68H,17-18,20-28H2,1-10H3. The second-order valence-electron chi connectivity index (χ2n) is 25.1. The molecule has 0 radical (unpaired) electrons. The summed E-state index contributed by atoms with van der Waals surface area (Å²) in [6.45, 7) is 10.3. The van der Waals surface area contributed by atoms with Crippen molar-refractivity contribution in [3.05, 3.63) is 42.0 Å². The van der Waals surface area contributed by atoms with Gasteiger partial charge in [0.05, 0.1) is 60.9 Å². The zero-order valence-electron chi connectivity index (χ0n) is 49.4. The van der Waals surface area contributed by atoms with Crippen LogP contribution in [0, 0.1) is 34.5 Å². The van der Waals surface area contributed by atoms with Gasteiger partial charge in [0.15, 0.2) is 30.9 Å². The molecule has 0 bridgehead atoms. The van der Waals surface area contributed by atoms with Crippen molar-refractivity contribution in [2.45, 2.75) is 240 Å². The van der Waals surface area contributed by atoms with Crippen molar-refractivity contribution in [1.82, 2.24) is 0 Å². The van der Waals surface area contributed by atoms with Crippen molar-refractivity contribution in [3.63, 3.8) is 0 Å². The molecule has 1 aromatic rings. The minimum absolute atomic E-state index is 0.0767. The highest BCUT2D eigenvalue weighted by atomic mass is 16.8. The second kappa shape index (κ2) is 25.3. The van der Waals surface area contributed by atoms with Crippen LogP contribution < -0.4 is 0 Å². The number of carbonyl (C=O) groups excluding carboxylic acids is 2. The highest BCUT2D eigenvalue weighted by molar-refractivity contribution is 5.87. The Hall–Kier alpha value is -2.86. The summed E-state index contributed by atoms with van der Waals surface area (Å²) in [6.07, 6.45) is -12.0. The lowest BCUT2D eigenvalue weighted by Crippen LogP contribution is -2.74. The SMILES string of the molecule is COC1CC(OC2CCC3(C)C(CCC4C3C(OC(=O)C=Cc3ccccc3)C(OC(C)=O)C35COC(C)(OC)C3CCC45O)C2)OC(C)C1OC1CC(OC)C(OC2OC(C)C(OC3OC(CO)C(O)C(O)C3O)C(OC)C2O)C(C)O1. The van der Waals surface area contributed by atoms with Gasteiger partial charge in [0.1, 0.15) is 67.1 Å². The molecule has 9 aliphatic rings.